The molecule has 0 unspecified atom stereocenters. The van der Waals surface area contributed by atoms with E-state index in [0.29, 0.717) is 12.5 Å². The molecule has 0 spiro atoms. The van der Waals surface area contributed by atoms with E-state index in [1.165, 1.54) is 5.52 Å². The van der Waals surface area contributed by atoms with Gasteiger partial charge in [-0.3, -0.25) is 0 Å². The van der Waals surface area contributed by atoms with Crippen LogP contribution in [0.15, 0.2) is 18.2 Å². The summed E-state index contributed by atoms with van der Waals surface area (Å²) in [5, 5.41) is 0. The number of nitrogens with zero attached hydrogens (tertiary/aromatic N) is 2. The molecule has 0 bridgehead atoms. The van der Waals surface area contributed by atoms with Crippen molar-refractivity contribution in [3.05, 3.63) is 29.6 Å². The van der Waals surface area contributed by atoms with Gasteiger partial charge in [0.05, 0.1) is 16.6 Å². The molecule has 0 radical (unpaired) electrons. The van der Waals surface area contributed by atoms with E-state index in [2.05, 4.69) is 50.5 Å². The summed E-state index contributed by atoms with van der Waals surface area (Å²) in [6, 6.07) is 6.32. The SMILES string of the molecule is COC(C)(C)Cc1nc2cc(CN)ccc2n1CC(C)C. The minimum absolute atomic E-state index is 0.215. The molecule has 0 aliphatic carbocycles. The van der Waals surface area contributed by atoms with Crippen LogP contribution in [0.3, 0.4) is 0 Å². The quantitative estimate of drug-likeness (QED) is 0.889. The molecule has 0 saturated heterocycles. The summed E-state index contributed by atoms with van der Waals surface area (Å²) >= 11 is 0. The third-order valence-electron chi connectivity index (χ3n) is 3.81. The number of aromatic nitrogens is 2. The zero-order valence-electron chi connectivity index (χ0n) is 13.8. The van der Waals surface area contributed by atoms with E-state index in [0.717, 1.165) is 29.9 Å². The normalized spacial score (nSPS) is 12.5. The molecule has 0 aliphatic heterocycles. The van der Waals surface area contributed by atoms with Gasteiger partial charge in [0.15, 0.2) is 0 Å². The van der Waals surface area contributed by atoms with Gasteiger partial charge in [0.2, 0.25) is 0 Å². The lowest BCUT2D eigenvalue weighted by atomic mass is 10.0. The van der Waals surface area contributed by atoms with E-state index in [1.807, 2.05) is 0 Å². The highest BCUT2D eigenvalue weighted by molar-refractivity contribution is 5.77. The maximum atomic E-state index is 5.74. The number of rotatable bonds is 6. The standard InChI is InChI=1S/C17H27N3O/c1-12(2)11-20-15-7-6-13(10-18)8-14(15)19-16(20)9-17(3,4)21-5/h6-8,12H,9-11,18H2,1-5H3. The van der Waals surface area contributed by atoms with Gasteiger partial charge in [-0.05, 0) is 37.5 Å². The molecule has 116 valence electrons. The van der Waals surface area contributed by atoms with E-state index in [4.69, 9.17) is 15.5 Å². The Hall–Kier alpha value is -1.39. The molecule has 1 heterocycles. The minimum atomic E-state index is -0.215. The third-order valence-corrected chi connectivity index (χ3v) is 3.81. The van der Waals surface area contributed by atoms with Crippen molar-refractivity contribution in [3.63, 3.8) is 0 Å². The van der Waals surface area contributed by atoms with Crippen molar-refractivity contribution in [3.8, 4) is 0 Å². The number of hydrogen-bond donors (Lipinski definition) is 1. The summed E-state index contributed by atoms with van der Waals surface area (Å²) in [4.78, 5) is 4.83. The summed E-state index contributed by atoms with van der Waals surface area (Å²) in [6.07, 6.45) is 0.795. The second-order valence-electron chi connectivity index (χ2n) is 6.70. The summed E-state index contributed by atoms with van der Waals surface area (Å²) in [7, 11) is 1.75. The highest BCUT2D eigenvalue weighted by Gasteiger charge is 2.22. The van der Waals surface area contributed by atoms with Crippen molar-refractivity contribution in [2.75, 3.05) is 7.11 Å². The molecule has 4 nitrogen and oxygen atoms in total. The van der Waals surface area contributed by atoms with Crippen molar-refractivity contribution in [1.82, 2.24) is 9.55 Å². The van der Waals surface area contributed by atoms with Crippen LogP contribution < -0.4 is 5.73 Å². The fraction of sp³-hybridized carbons (Fsp3) is 0.588. The molecule has 2 N–H and O–H groups in total. The Kier molecular flexibility index (Phi) is 4.69. The summed E-state index contributed by atoms with van der Waals surface area (Å²) in [5.74, 6) is 1.65. The van der Waals surface area contributed by atoms with E-state index in [9.17, 15) is 0 Å². The van der Waals surface area contributed by atoms with Crippen LogP contribution in [0.25, 0.3) is 11.0 Å². The lowest BCUT2D eigenvalue weighted by Crippen LogP contribution is -2.27. The van der Waals surface area contributed by atoms with Gasteiger partial charge < -0.3 is 15.0 Å². The van der Waals surface area contributed by atoms with E-state index in [-0.39, 0.29) is 5.60 Å². The fourth-order valence-electron chi connectivity index (χ4n) is 2.51. The lowest BCUT2D eigenvalue weighted by molar-refractivity contribution is 0.0209. The zero-order valence-corrected chi connectivity index (χ0v) is 13.8. The number of benzene rings is 1. The van der Waals surface area contributed by atoms with Gasteiger partial charge in [0, 0.05) is 26.6 Å². The van der Waals surface area contributed by atoms with Gasteiger partial charge in [-0.2, -0.15) is 0 Å². The van der Waals surface area contributed by atoms with Crippen LogP contribution in [-0.4, -0.2) is 22.3 Å². The predicted molar refractivity (Wildman–Crippen MR) is 87.3 cm³/mol. The molecule has 21 heavy (non-hydrogen) atoms. The van der Waals surface area contributed by atoms with E-state index < -0.39 is 0 Å². The predicted octanol–water partition coefficient (Wildman–Crippen LogP) is 3.12. The highest BCUT2D eigenvalue weighted by Crippen LogP contribution is 2.23. The number of methoxy groups -OCH3 is 1. The first-order valence-corrected chi connectivity index (χ1v) is 7.59. The van der Waals surface area contributed by atoms with Gasteiger partial charge in [0.1, 0.15) is 5.82 Å². The van der Waals surface area contributed by atoms with Crippen LogP contribution >= 0.6 is 0 Å². The average molecular weight is 289 g/mol. The van der Waals surface area contributed by atoms with Crippen LogP contribution in [0.2, 0.25) is 0 Å². The van der Waals surface area contributed by atoms with Crippen molar-refractivity contribution in [1.29, 1.82) is 0 Å². The van der Waals surface area contributed by atoms with Crippen LogP contribution in [0, 0.1) is 5.92 Å². The first-order chi connectivity index (χ1) is 9.86. The minimum Gasteiger partial charge on any atom is -0.378 e. The Morgan fingerprint density at radius 1 is 1.33 bits per heavy atom. The molecule has 2 aromatic rings. The highest BCUT2D eigenvalue weighted by atomic mass is 16.5. The fourth-order valence-corrected chi connectivity index (χ4v) is 2.51. The molecule has 2 rings (SSSR count). The van der Waals surface area contributed by atoms with Gasteiger partial charge in [0.25, 0.3) is 0 Å². The Morgan fingerprint density at radius 3 is 2.62 bits per heavy atom. The second-order valence-corrected chi connectivity index (χ2v) is 6.70. The van der Waals surface area contributed by atoms with Crippen LogP contribution in [0.5, 0.6) is 0 Å². The van der Waals surface area contributed by atoms with E-state index in [1.54, 1.807) is 7.11 Å². The van der Waals surface area contributed by atoms with Gasteiger partial charge in [-0.15, -0.1) is 0 Å². The molecule has 4 heteroatoms. The molecular formula is C17H27N3O. The average Bonchev–Trinajstić information content (AvgIpc) is 2.74. The smallest absolute Gasteiger partial charge is 0.112 e. The summed E-state index contributed by atoms with van der Waals surface area (Å²) in [6.45, 7) is 10.2. The van der Waals surface area contributed by atoms with Gasteiger partial charge >= 0.3 is 0 Å². The summed E-state index contributed by atoms with van der Waals surface area (Å²) < 4.78 is 7.89. The van der Waals surface area contributed by atoms with Crippen molar-refractivity contribution in [2.24, 2.45) is 11.7 Å². The Balaban J connectivity index is 2.51. The van der Waals surface area contributed by atoms with Gasteiger partial charge in [-0.25, -0.2) is 4.98 Å². The van der Waals surface area contributed by atoms with E-state index >= 15 is 0 Å². The van der Waals surface area contributed by atoms with Crippen molar-refractivity contribution < 1.29 is 4.74 Å². The zero-order chi connectivity index (χ0) is 15.6. The molecule has 0 aliphatic rings. The Labute approximate surface area is 127 Å². The molecule has 1 aromatic heterocycles. The molecular weight excluding hydrogens is 262 g/mol. The first-order valence-electron chi connectivity index (χ1n) is 7.59. The van der Waals surface area contributed by atoms with Crippen LogP contribution in [0.4, 0.5) is 0 Å². The number of nitrogens with two attached hydrogens (primary N) is 1. The second kappa shape index (κ2) is 6.16. The Bertz CT molecular complexity index is 614. The van der Waals surface area contributed by atoms with Crippen LogP contribution in [-0.2, 0) is 24.2 Å². The molecule has 0 fully saturated rings. The topological polar surface area (TPSA) is 53.1 Å². The number of hydrogen-bond acceptors (Lipinski definition) is 3. The molecule has 1 aromatic carbocycles. The molecule has 0 atom stereocenters. The van der Waals surface area contributed by atoms with Gasteiger partial charge in [-0.1, -0.05) is 19.9 Å². The largest absolute Gasteiger partial charge is 0.378 e. The molecule has 0 amide bonds. The van der Waals surface area contributed by atoms with Crippen LogP contribution in [0.1, 0.15) is 39.1 Å². The monoisotopic (exact) mass is 289 g/mol. The van der Waals surface area contributed by atoms with Crippen molar-refractivity contribution >= 4 is 11.0 Å². The Morgan fingerprint density at radius 2 is 2.05 bits per heavy atom. The number of imidazole rings is 1. The first kappa shape index (κ1) is 16.0. The number of ether oxygens (including phenoxy) is 1. The third kappa shape index (κ3) is 3.63. The maximum absolute atomic E-state index is 5.74. The maximum Gasteiger partial charge on any atom is 0.112 e. The lowest BCUT2D eigenvalue weighted by Gasteiger charge is -2.23. The molecule has 0 saturated carbocycles. The number of fused-ring (bicyclic) bond motifs is 1. The van der Waals surface area contributed by atoms with Crippen molar-refractivity contribution in [2.45, 2.75) is 52.8 Å². The summed E-state index contributed by atoms with van der Waals surface area (Å²) in [5.41, 5.74) is 8.85.